The fourth-order valence-corrected chi connectivity index (χ4v) is 1.74. The average Bonchev–Trinajstić information content (AvgIpc) is 2.35. The second kappa shape index (κ2) is 6.93. The number of pyridine rings is 1. The van der Waals surface area contributed by atoms with E-state index < -0.39 is 5.97 Å². The van der Waals surface area contributed by atoms with E-state index in [1.165, 1.54) is 29.2 Å². The van der Waals surface area contributed by atoms with Crippen molar-refractivity contribution in [2.24, 2.45) is 0 Å². The topological polar surface area (TPSA) is 48.4 Å². The Balaban J connectivity index is 3.29. The molecular formula is C10H7ClINO3S. The van der Waals surface area contributed by atoms with Gasteiger partial charge in [-0.25, -0.2) is 9.78 Å². The van der Waals surface area contributed by atoms with Crippen molar-refractivity contribution in [3.05, 3.63) is 22.3 Å². The number of ether oxygens (including phenoxy) is 2. The minimum atomic E-state index is -0.615. The molecule has 1 aromatic rings. The van der Waals surface area contributed by atoms with Crippen molar-refractivity contribution in [2.45, 2.75) is 0 Å². The minimum absolute atomic E-state index is 0.0127. The van der Waals surface area contributed by atoms with E-state index >= 15 is 0 Å². The molecule has 1 aromatic heterocycles. The van der Waals surface area contributed by atoms with E-state index in [9.17, 15) is 4.79 Å². The highest BCUT2D eigenvalue weighted by Gasteiger charge is 2.16. The van der Waals surface area contributed by atoms with Crippen LogP contribution < -0.4 is 4.74 Å². The van der Waals surface area contributed by atoms with Gasteiger partial charge in [-0.2, -0.15) is 0 Å². The molecule has 1 rings (SSSR count). The quantitative estimate of drug-likeness (QED) is 0.446. The number of methoxy groups -OCH3 is 2. The van der Waals surface area contributed by atoms with Gasteiger partial charge in [-0.05, 0) is 26.2 Å². The second-order valence-electron chi connectivity index (χ2n) is 2.67. The van der Waals surface area contributed by atoms with E-state index in [4.69, 9.17) is 16.3 Å². The molecule has 0 saturated carbocycles. The maximum absolute atomic E-state index is 11.4. The first-order valence-corrected chi connectivity index (χ1v) is 7.99. The molecule has 0 aromatic carbocycles. The molecule has 0 bridgehead atoms. The van der Waals surface area contributed by atoms with Crippen LogP contribution in [0, 0.1) is 11.2 Å². The number of rotatable bonds is 2. The molecule has 17 heavy (non-hydrogen) atoms. The number of nitrogens with zero attached hydrogens (tertiary/aromatic N) is 1. The molecule has 0 fully saturated rings. The van der Waals surface area contributed by atoms with Crippen molar-refractivity contribution < 1.29 is 14.3 Å². The molecule has 0 spiro atoms. The molecule has 90 valence electrons. The van der Waals surface area contributed by atoms with E-state index in [1.807, 2.05) is 21.2 Å². The number of hydrogen-bond acceptors (Lipinski definition) is 5. The molecule has 0 radical (unpaired) electrons. The van der Waals surface area contributed by atoms with E-state index in [0.717, 1.165) is 0 Å². The Morgan fingerprint density at radius 2 is 2.29 bits per heavy atom. The Morgan fingerprint density at radius 3 is 2.82 bits per heavy atom. The SMILES string of the molecule is COC(=O)c1nc(OC)c(C#CSI)cc1Cl. The molecule has 0 saturated heterocycles. The Kier molecular flexibility index (Phi) is 5.88. The van der Waals surface area contributed by atoms with Crippen molar-refractivity contribution in [1.29, 1.82) is 0 Å². The maximum atomic E-state index is 11.4. The van der Waals surface area contributed by atoms with E-state index in [-0.39, 0.29) is 16.6 Å². The van der Waals surface area contributed by atoms with E-state index in [1.54, 1.807) is 0 Å². The lowest BCUT2D eigenvalue weighted by Gasteiger charge is -2.06. The Bertz CT molecular complexity index is 498. The summed E-state index contributed by atoms with van der Waals surface area (Å²) in [5, 5.41) is 2.97. The van der Waals surface area contributed by atoms with Gasteiger partial charge >= 0.3 is 5.97 Å². The zero-order chi connectivity index (χ0) is 12.8. The summed E-state index contributed by atoms with van der Waals surface area (Å²) >= 11 is 7.96. The van der Waals surface area contributed by atoms with Crippen LogP contribution in [0.1, 0.15) is 16.1 Å². The summed E-state index contributed by atoms with van der Waals surface area (Å²) in [5.74, 6) is 2.45. The summed E-state index contributed by atoms with van der Waals surface area (Å²) in [5.41, 5.74) is 0.535. The zero-order valence-corrected chi connectivity index (χ0v) is 12.6. The van der Waals surface area contributed by atoms with Gasteiger partial charge < -0.3 is 9.47 Å². The second-order valence-corrected chi connectivity index (χ2v) is 4.76. The maximum Gasteiger partial charge on any atom is 0.358 e. The van der Waals surface area contributed by atoms with Gasteiger partial charge in [-0.1, -0.05) is 11.6 Å². The first-order valence-electron chi connectivity index (χ1n) is 4.25. The first kappa shape index (κ1) is 14.4. The smallest absolute Gasteiger partial charge is 0.358 e. The normalized spacial score (nSPS) is 9.18. The van der Waals surface area contributed by atoms with Crippen LogP contribution in [0.25, 0.3) is 0 Å². The molecule has 0 aliphatic heterocycles. The van der Waals surface area contributed by atoms with Gasteiger partial charge in [0.2, 0.25) is 5.88 Å². The lowest BCUT2D eigenvalue weighted by molar-refractivity contribution is 0.0593. The minimum Gasteiger partial charge on any atom is -0.480 e. The monoisotopic (exact) mass is 383 g/mol. The fourth-order valence-electron chi connectivity index (χ4n) is 1.03. The standard InChI is InChI=1S/C10H7ClINO3S/c1-15-9-6(3-4-17-12)5-7(11)8(13-9)10(14)16-2/h5H,1-2H3. The number of hydrogen-bond donors (Lipinski definition) is 0. The predicted octanol–water partition coefficient (Wildman–Crippen LogP) is 2.92. The zero-order valence-electron chi connectivity index (χ0n) is 8.91. The number of carbonyl (C=O) groups is 1. The van der Waals surface area contributed by atoms with Gasteiger partial charge in [0, 0.05) is 21.2 Å². The van der Waals surface area contributed by atoms with E-state index in [0.29, 0.717) is 5.56 Å². The Hall–Kier alpha value is -0.650. The van der Waals surface area contributed by atoms with Crippen molar-refractivity contribution in [1.82, 2.24) is 4.98 Å². The summed E-state index contributed by atoms with van der Waals surface area (Å²) < 4.78 is 9.60. The lowest BCUT2D eigenvalue weighted by Crippen LogP contribution is -2.07. The summed E-state index contributed by atoms with van der Waals surface area (Å²) in [7, 11) is 4.03. The predicted molar refractivity (Wildman–Crippen MR) is 75.6 cm³/mol. The number of aromatic nitrogens is 1. The highest BCUT2D eigenvalue weighted by molar-refractivity contribution is 14.2. The molecule has 0 unspecified atom stereocenters. The number of carbonyl (C=O) groups excluding carboxylic acids is 1. The Labute approximate surface area is 120 Å². The average molecular weight is 384 g/mol. The first-order chi connectivity index (χ1) is 8.13. The van der Waals surface area contributed by atoms with Crippen LogP contribution in [-0.2, 0) is 4.74 Å². The van der Waals surface area contributed by atoms with Crippen LogP contribution in [-0.4, -0.2) is 25.2 Å². The molecular weight excluding hydrogens is 377 g/mol. The molecule has 0 amide bonds. The van der Waals surface area contributed by atoms with E-state index in [2.05, 4.69) is 20.9 Å². The molecule has 0 N–H and O–H groups in total. The highest BCUT2D eigenvalue weighted by Crippen LogP contribution is 2.23. The van der Waals surface area contributed by atoms with Gasteiger partial charge in [0.15, 0.2) is 5.69 Å². The van der Waals surface area contributed by atoms with Crippen LogP contribution >= 0.6 is 41.7 Å². The molecule has 0 aliphatic carbocycles. The van der Waals surface area contributed by atoms with Gasteiger partial charge in [0.05, 0.1) is 24.8 Å². The molecule has 0 atom stereocenters. The largest absolute Gasteiger partial charge is 0.480 e. The van der Waals surface area contributed by atoms with Crippen LogP contribution in [0.3, 0.4) is 0 Å². The third kappa shape index (κ3) is 3.66. The highest BCUT2D eigenvalue weighted by atomic mass is 127. The van der Waals surface area contributed by atoms with Crippen LogP contribution in [0.2, 0.25) is 5.02 Å². The summed E-state index contributed by atoms with van der Waals surface area (Å²) in [6, 6.07) is 1.53. The molecule has 7 heteroatoms. The molecule has 1 heterocycles. The lowest BCUT2D eigenvalue weighted by atomic mass is 10.2. The number of halogens is 2. The van der Waals surface area contributed by atoms with Gasteiger partial charge in [0.25, 0.3) is 0 Å². The fraction of sp³-hybridized carbons (Fsp3) is 0.200. The number of esters is 1. The van der Waals surface area contributed by atoms with Crippen molar-refractivity contribution >= 4 is 47.7 Å². The van der Waals surface area contributed by atoms with Crippen molar-refractivity contribution in [3.63, 3.8) is 0 Å². The summed E-state index contributed by atoms with van der Waals surface area (Å²) in [6.07, 6.45) is 0. The molecule has 0 aliphatic rings. The van der Waals surface area contributed by atoms with Gasteiger partial charge in [-0.3, -0.25) is 0 Å². The third-order valence-corrected chi connectivity index (χ3v) is 2.87. The van der Waals surface area contributed by atoms with Crippen molar-refractivity contribution in [3.8, 4) is 17.1 Å². The van der Waals surface area contributed by atoms with Crippen LogP contribution in [0.15, 0.2) is 6.07 Å². The van der Waals surface area contributed by atoms with Crippen LogP contribution in [0.4, 0.5) is 0 Å². The van der Waals surface area contributed by atoms with Crippen molar-refractivity contribution in [2.75, 3.05) is 14.2 Å². The molecule has 4 nitrogen and oxygen atoms in total. The summed E-state index contributed by atoms with van der Waals surface area (Å²) in [4.78, 5) is 15.3. The summed E-state index contributed by atoms with van der Waals surface area (Å²) in [6.45, 7) is 0. The van der Waals surface area contributed by atoms with Gasteiger partial charge in [0.1, 0.15) is 0 Å². The Morgan fingerprint density at radius 1 is 1.59 bits per heavy atom. The van der Waals surface area contributed by atoms with Gasteiger partial charge in [-0.15, -0.1) is 0 Å². The van der Waals surface area contributed by atoms with Crippen LogP contribution in [0.5, 0.6) is 5.88 Å². The third-order valence-electron chi connectivity index (χ3n) is 1.74.